The normalized spacial score (nSPS) is 16.0. The topological polar surface area (TPSA) is 69.5 Å². The number of methoxy groups -OCH3 is 1. The average molecular weight is 369 g/mol. The summed E-state index contributed by atoms with van der Waals surface area (Å²) in [5.74, 6) is 1.73. The number of nitrogens with zero attached hydrogens (tertiary/aromatic N) is 1. The number of aromatic hydroxyl groups is 1. The molecule has 0 spiro atoms. The van der Waals surface area contributed by atoms with Crippen LogP contribution in [0.25, 0.3) is 0 Å². The molecule has 1 heterocycles. The first-order chi connectivity index (χ1) is 12.0. The largest absolute Gasteiger partial charge is 0.507 e. The van der Waals surface area contributed by atoms with E-state index in [1.807, 2.05) is 12.1 Å². The van der Waals surface area contributed by atoms with Crippen molar-refractivity contribution >= 4 is 16.8 Å². The van der Waals surface area contributed by atoms with Crippen LogP contribution in [0.1, 0.15) is 19.4 Å². The van der Waals surface area contributed by atoms with Crippen LogP contribution >= 0.6 is 11.8 Å². The van der Waals surface area contributed by atoms with Gasteiger partial charge in [0.05, 0.1) is 38.6 Å². The number of benzene rings is 1. The molecular formula is C18H27NO5S. The van der Waals surface area contributed by atoms with Crippen LogP contribution in [0, 0.1) is 0 Å². The maximum Gasteiger partial charge on any atom is 0.129 e. The first-order valence-corrected chi connectivity index (χ1v) is 9.34. The minimum Gasteiger partial charge on any atom is -0.507 e. The van der Waals surface area contributed by atoms with Gasteiger partial charge in [0.2, 0.25) is 0 Å². The molecular weight excluding hydrogens is 342 g/mol. The van der Waals surface area contributed by atoms with Gasteiger partial charge in [-0.25, -0.2) is 0 Å². The molecule has 1 N–H and O–H groups in total. The van der Waals surface area contributed by atoms with Crippen molar-refractivity contribution in [1.29, 1.82) is 0 Å². The third kappa shape index (κ3) is 6.86. The Kier molecular flexibility index (Phi) is 8.02. The third-order valence-electron chi connectivity index (χ3n) is 3.47. The van der Waals surface area contributed by atoms with Gasteiger partial charge in [0.25, 0.3) is 0 Å². The SMILES string of the molecule is COCCOCCOCCOc1ccc(C2=NC(C)(C)CS2)c(O)c1. The highest BCUT2D eigenvalue weighted by Gasteiger charge is 2.27. The Bertz CT molecular complexity index is 577. The van der Waals surface area contributed by atoms with Crippen molar-refractivity contribution < 1.29 is 24.1 Å². The lowest BCUT2D eigenvalue weighted by Crippen LogP contribution is -2.15. The molecule has 1 aromatic carbocycles. The van der Waals surface area contributed by atoms with Crippen molar-refractivity contribution in [3.8, 4) is 11.5 Å². The lowest BCUT2D eigenvalue weighted by atomic mass is 10.1. The molecule has 0 radical (unpaired) electrons. The van der Waals surface area contributed by atoms with E-state index < -0.39 is 0 Å². The number of hydrogen-bond acceptors (Lipinski definition) is 7. The molecule has 7 heteroatoms. The summed E-state index contributed by atoms with van der Waals surface area (Å²) < 4.78 is 21.2. The molecule has 0 amide bonds. The van der Waals surface area contributed by atoms with E-state index in [1.165, 1.54) is 0 Å². The molecule has 0 aliphatic carbocycles. The Hall–Kier alpha value is -1.28. The second-order valence-electron chi connectivity index (χ2n) is 6.26. The number of thioether (sulfide) groups is 1. The second kappa shape index (κ2) is 10.0. The molecule has 0 fully saturated rings. The summed E-state index contributed by atoms with van der Waals surface area (Å²) in [5, 5.41) is 11.1. The van der Waals surface area contributed by atoms with Gasteiger partial charge in [0.15, 0.2) is 0 Å². The van der Waals surface area contributed by atoms with Crippen LogP contribution in [-0.2, 0) is 14.2 Å². The van der Waals surface area contributed by atoms with Crippen molar-refractivity contribution in [2.75, 3.05) is 52.5 Å². The Balaban J connectivity index is 1.69. The fourth-order valence-electron chi connectivity index (χ4n) is 2.19. The highest BCUT2D eigenvalue weighted by Crippen LogP contribution is 2.34. The van der Waals surface area contributed by atoms with Crippen molar-refractivity contribution in [3.63, 3.8) is 0 Å². The van der Waals surface area contributed by atoms with Gasteiger partial charge in [-0.1, -0.05) is 0 Å². The van der Waals surface area contributed by atoms with E-state index in [9.17, 15) is 5.11 Å². The van der Waals surface area contributed by atoms with E-state index in [-0.39, 0.29) is 11.3 Å². The maximum atomic E-state index is 10.2. The lowest BCUT2D eigenvalue weighted by Gasteiger charge is -2.10. The van der Waals surface area contributed by atoms with Gasteiger partial charge in [-0.3, -0.25) is 4.99 Å². The van der Waals surface area contributed by atoms with E-state index in [0.29, 0.717) is 45.4 Å². The summed E-state index contributed by atoms with van der Waals surface area (Å²) >= 11 is 1.67. The molecule has 1 aliphatic heterocycles. The molecule has 140 valence electrons. The van der Waals surface area contributed by atoms with Crippen LogP contribution < -0.4 is 4.74 Å². The first kappa shape index (κ1) is 20.0. The summed E-state index contributed by atoms with van der Waals surface area (Å²) in [7, 11) is 1.64. The van der Waals surface area contributed by atoms with Crippen LogP contribution in [0.3, 0.4) is 0 Å². The summed E-state index contributed by atoms with van der Waals surface area (Å²) in [5.41, 5.74) is 0.680. The van der Waals surface area contributed by atoms with E-state index in [0.717, 1.165) is 16.4 Å². The number of aliphatic imine (C=N–C) groups is 1. The summed E-state index contributed by atoms with van der Waals surface area (Å²) in [6.45, 7) is 7.27. The lowest BCUT2D eigenvalue weighted by molar-refractivity contribution is 0.0179. The van der Waals surface area contributed by atoms with Crippen LogP contribution in [0.15, 0.2) is 23.2 Å². The van der Waals surface area contributed by atoms with Gasteiger partial charge in [-0.05, 0) is 26.0 Å². The van der Waals surface area contributed by atoms with Gasteiger partial charge in [-0.2, -0.15) is 0 Å². The molecule has 1 aliphatic rings. The monoisotopic (exact) mass is 369 g/mol. The molecule has 0 saturated heterocycles. The smallest absolute Gasteiger partial charge is 0.129 e. The maximum absolute atomic E-state index is 10.2. The number of hydrogen-bond donors (Lipinski definition) is 1. The van der Waals surface area contributed by atoms with Crippen molar-refractivity contribution in [1.82, 2.24) is 0 Å². The van der Waals surface area contributed by atoms with E-state index in [2.05, 4.69) is 18.8 Å². The molecule has 25 heavy (non-hydrogen) atoms. The number of phenols is 1. The standard InChI is InChI=1S/C18H27NO5S/c1-18(2)13-25-17(19-18)15-5-4-14(12-16(15)20)24-11-10-23-9-8-22-7-6-21-3/h4-5,12,20H,6-11,13H2,1-3H3. The molecule has 0 atom stereocenters. The summed E-state index contributed by atoms with van der Waals surface area (Å²) in [6.07, 6.45) is 0. The Labute approximate surface area is 153 Å². The average Bonchev–Trinajstić information content (AvgIpc) is 2.93. The zero-order valence-corrected chi connectivity index (χ0v) is 15.9. The van der Waals surface area contributed by atoms with Crippen molar-refractivity contribution in [2.24, 2.45) is 4.99 Å². The van der Waals surface area contributed by atoms with E-state index >= 15 is 0 Å². The molecule has 0 aromatic heterocycles. The Morgan fingerprint density at radius 2 is 1.76 bits per heavy atom. The third-order valence-corrected chi connectivity index (χ3v) is 4.90. The minimum absolute atomic E-state index is 0.0772. The van der Waals surface area contributed by atoms with E-state index in [1.54, 1.807) is 24.9 Å². The first-order valence-electron chi connectivity index (χ1n) is 8.35. The highest BCUT2D eigenvalue weighted by atomic mass is 32.2. The molecule has 6 nitrogen and oxygen atoms in total. The number of rotatable bonds is 11. The molecule has 0 bridgehead atoms. The predicted molar refractivity (Wildman–Crippen MR) is 100 cm³/mol. The zero-order valence-electron chi connectivity index (χ0n) is 15.1. The summed E-state index contributed by atoms with van der Waals surface area (Å²) in [6, 6.07) is 5.32. The molecule has 1 aromatic rings. The Morgan fingerprint density at radius 1 is 1.08 bits per heavy atom. The number of ether oxygens (including phenoxy) is 4. The van der Waals surface area contributed by atoms with Crippen LogP contribution in [0.5, 0.6) is 11.5 Å². The van der Waals surface area contributed by atoms with Gasteiger partial charge in [0, 0.05) is 24.5 Å². The van der Waals surface area contributed by atoms with Crippen LogP contribution in [0.2, 0.25) is 0 Å². The fraction of sp³-hybridized carbons (Fsp3) is 0.611. The van der Waals surface area contributed by atoms with Gasteiger partial charge in [-0.15, -0.1) is 11.8 Å². The predicted octanol–water partition coefficient (Wildman–Crippen LogP) is 2.72. The van der Waals surface area contributed by atoms with Gasteiger partial charge < -0.3 is 24.1 Å². The zero-order chi connectivity index (χ0) is 18.1. The summed E-state index contributed by atoms with van der Waals surface area (Å²) in [4.78, 5) is 4.64. The number of phenolic OH excluding ortho intramolecular Hbond substituents is 1. The minimum atomic E-state index is -0.0772. The van der Waals surface area contributed by atoms with Crippen molar-refractivity contribution in [2.45, 2.75) is 19.4 Å². The quantitative estimate of drug-likeness (QED) is 0.605. The van der Waals surface area contributed by atoms with Gasteiger partial charge >= 0.3 is 0 Å². The van der Waals surface area contributed by atoms with E-state index in [4.69, 9.17) is 18.9 Å². The fourth-order valence-corrected chi connectivity index (χ4v) is 3.38. The Morgan fingerprint density at radius 3 is 2.36 bits per heavy atom. The molecule has 2 rings (SSSR count). The van der Waals surface area contributed by atoms with Gasteiger partial charge in [0.1, 0.15) is 23.1 Å². The molecule has 0 saturated carbocycles. The van der Waals surface area contributed by atoms with Crippen LogP contribution in [0.4, 0.5) is 0 Å². The highest BCUT2D eigenvalue weighted by molar-refractivity contribution is 8.14. The van der Waals surface area contributed by atoms with Crippen LogP contribution in [-0.4, -0.2) is 68.2 Å². The van der Waals surface area contributed by atoms with Crippen molar-refractivity contribution in [3.05, 3.63) is 23.8 Å². The molecule has 0 unspecified atom stereocenters. The second-order valence-corrected chi connectivity index (χ2v) is 7.23.